The van der Waals surface area contributed by atoms with E-state index in [9.17, 15) is 0 Å². The lowest BCUT2D eigenvalue weighted by Crippen LogP contribution is -2.33. The van der Waals surface area contributed by atoms with Crippen molar-refractivity contribution < 1.29 is 5.21 Å². The first-order valence-electron chi connectivity index (χ1n) is 5.34. The quantitative estimate of drug-likeness (QED) is 0.591. The van der Waals surface area contributed by atoms with Crippen LogP contribution in [0.1, 0.15) is 18.4 Å². The third kappa shape index (κ3) is 2.80. The van der Waals surface area contributed by atoms with Crippen molar-refractivity contribution in [3.05, 3.63) is 35.9 Å². The summed E-state index contributed by atoms with van der Waals surface area (Å²) >= 11 is 0. The van der Waals surface area contributed by atoms with Crippen molar-refractivity contribution >= 4 is 5.71 Å². The Bertz CT molecular complexity index is 325. The summed E-state index contributed by atoms with van der Waals surface area (Å²) in [7, 11) is 0. The second-order valence-corrected chi connectivity index (χ2v) is 3.93. The van der Waals surface area contributed by atoms with E-state index in [1.165, 1.54) is 5.56 Å². The summed E-state index contributed by atoms with van der Waals surface area (Å²) < 4.78 is 0. The molecule has 0 bridgehead atoms. The Balaban J connectivity index is 1.87. The number of oxime groups is 1. The molecule has 0 unspecified atom stereocenters. The van der Waals surface area contributed by atoms with E-state index >= 15 is 0 Å². The highest BCUT2D eigenvalue weighted by atomic mass is 16.4. The molecule has 1 aliphatic heterocycles. The molecule has 1 saturated heterocycles. The maximum Gasteiger partial charge on any atom is 0.0596 e. The Morgan fingerprint density at radius 3 is 2.40 bits per heavy atom. The number of likely N-dealkylation sites (tertiary alicyclic amines) is 1. The molecule has 1 heterocycles. The van der Waals surface area contributed by atoms with Gasteiger partial charge in [-0.05, 0) is 5.56 Å². The number of rotatable bonds is 2. The van der Waals surface area contributed by atoms with E-state index in [-0.39, 0.29) is 0 Å². The van der Waals surface area contributed by atoms with E-state index in [2.05, 4.69) is 34.3 Å². The van der Waals surface area contributed by atoms with Crippen molar-refractivity contribution in [3.63, 3.8) is 0 Å². The normalized spacial score (nSPS) is 17.7. The third-order valence-electron chi connectivity index (χ3n) is 2.82. The van der Waals surface area contributed by atoms with Gasteiger partial charge in [-0.1, -0.05) is 35.5 Å². The SMILES string of the molecule is ON=C1CCN(Cc2ccccc2)CC1. The highest BCUT2D eigenvalue weighted by Crippen LogP contribution is 2.11. The highest BCUT2D eigenvalue weighted by Gasteiger charge is 2.14. The van der Waals surface area contributed by atoms with E-state index < -0.39 is 0 Å². The van der Waals surface area contributed by atoms with Crippen LogP contribution < -0.4 is 0 Å². The van der Waals surface area contributed by atoms with E-state index in [0.29, 0.717) is 0 Å². The monoisotopic (exact) mass is 204 g/mol. The highest BCUT2D eigenvalue weighted by molar-refractivity contribution is 5.84. The molecule has 1 aromatic rings. The van der Waals surface area contributed by atoms with Crippen LogP contribution in [0.15, 0.2) is 35.5 Å². The van der Waals surface area contributed by atoms with Crippen LogP contribution in [-0.2, 0) is 6.54 Å². The van der Waals surface area contributed by atoms with Gasteiger partial charge in [0.05, 0.1) is 5.71 Å². The number of hydrogen-bond acceptors (Lipinski definition) is 3. The Kier molecular flexibility index (Phi) is 3.35. The molecule has 1 aliphatic rings. The van der Waals surface area contributed by atoms with Crippen LogP contribution in [0.3, 0.4) is 0 Å². The number of piperidine rings is 1. The molecular formula is C12H16N2O. The molecule has 80 valence electrons. The number of hydrogen-bond donors (Lipinski definition) is 1. The molecule has 0 amide bonds. The molecule has 3 heteroatoms. The van der Waals surface area contributed by atoms with Gasteiger partial charge in [0.15, 0.2) is 0 Å². The largest absolute Gasteiger partial charge is 0.411 e. The van der Waals surface area contributed by atoms with Gasteiger partial charge in [0.2, 0.25) is 0 Å². The minimum Gasteiger partial charge on any atom is -0.411 e. The topological polar surface area (TPSA) is 35.8 Å². The van der Waals surface area contributed by atoms with Gasteiger partial charge in [-0.3, -0.25) is 4.90 Å². The third-order valence-corrected chi connectivity index (χ3v) is 2.82. The van der Waals surface area contributed by atoms with Crippen LogP contribution >= 0.6 is 0 Å². The fourth-order valence-corrected chi connectivity index (χ4v) is 1.91. The second-order valence-electron chi connectivity index (χ2n) is 3.93. The van der Waals surface area contributed by atoms with Crippen LogP contribution in [-0.4, -0.2) is 28.9 Å². The van der Waals surface area contributed by atoms with Gasteiger partial charge in [-0.2, -0.15) is 0 Å². The molecule has 3 nitrogen and oxygen atoms in total. The van der Waals surface area contributed by atoms with Crippen molar-refractivity contribution in [2.45, 2.75) is 19.4 Å². The minimum atomic E-state index is 0.892. The molecule has 0 spiro atoms. The Labute approximate surface area is 90.0 Å². The lowest BCUT2D eigenvalue weighted by atomic mass is 10.1. The standard InChI is InChI=1S/C12H16N2O/c15-13-12-6-8-14(9-7-12)10-11-4-2-1-3-5-11/h1-5,15H,6-10H2. The summed E-state index contributed by atoms with van der Waals surface area (Å²) in [5.41, 5.74) is 2.28. The molecular weight excluding hydrogens is 188 g/mol. The first-order chi connectivity index (χ1) is 7.38. The Morgan fingerprint density at radius 2 is 1.80 bits per heavy atom. The smallest absolute Gasteiger partial charge is 0.0596 e. The Hall–Kier alpha value is -1.35. The summed E-state index contributed by atoms with van der Waals surface area (Å²) in [5.74, 6) is 0. The molecule has 15 heavy (non-hydrogen) atoms. The first-order valence-corrected chi connectivity index (χ1v) is 5.34. The predicted octanol–water partition coefficient (Wildman–Crippen LogP) is 2.11. The van der Waals surface area contributed by atoms with Crippen molar-refractivity contribution in [2.24, 2.45) is 5.16 Å². The molecule has 1 fully saturated rings. The average molecular weight is 204 g/mol. The number of nitrogens with zero attached hydrogens (tertiary/aromatic N) is 2. The molecule has 0 atom stereocenters. The molecule has 0 aliphatic carbocycles. The van der Waals surface area contributed by atoms with Gasteiger partial charge in [-0.15, -0.1) is 0 Å². The second kappa shape index (κ2) is 4.94. The molecule has 2 rings (SSSR count). The lowest BCUT2D eigenvalue weighted by molar-refractivity contribution is 0.256. The van der Waals surface area contributed by atoms with Gasteiger partial charge in [-0.25, -0.2) is 0 Å². The fourth-order valence-electron chi connectivity index (χ4n) is 1.91. The van der Waals surface area contributed by atoms with Gasteiger partial charge in [0, 0.05) is 32.5 Å². The zero-order valence-corrected chi connectivity index (χ0v) is 8.76. The van der Waals surface area contributed by atoms with Gasteiger partial charge in [0.1, 0.15) is 0 Å². The van der Waals surface area contributed by atoms with Crippen LogP contribution in [0.4, 0.5) is 0 Å². The summed E-state index contributed by atoms with van der Waals surface area (Å²) in [6.45, 7) is 2.99. The van der Waals surface area contributed by atoms with E-state index in [4.69, 9.17) is 5.21 Å². The van der Waals surface area contributed by atoms with Gasteiger partial charge < -0.3 is 5.21 Å². The molecule has 0 aromatic heterocycles. The summed E-state index contributed by atoms with van der Waals surface area (Å²) in [5, 5.41) is 11.9. The van der Waals surface area contributed by atoms with E-state index in [0.717, 1.165) is 38.2 Å². The maximum atomic E-state index is 8.64. The predicted molar refractivity (Wildman–Crippen MR) is 60.2 cm³/mol. The average Bonchev–Trinajstić information content (AvgIpc) is 2.31. The van der Waals surface area contributed by atoms with E-state index in [1.807, 2.05) is 6.07 Å². The summed E-state index contributed by atoms with van der Waals surface area (Å²) in [6.07, 6.45) is 1.78. The molecule has 1 aromatic carbocycles. The molecule has 1 N–H and O–H groups in total. The lowest BCUT2D eigenvalue weighted by Gasteiger charge is -2.26. The first kappa shape index (κ1) is 10.2. The van der Waals surface area contributed by atoms with Crippen LogP contribution in [0, 0.1) is 0 Å². The van der Waals surface area contributed by atoms with Crippen LogP contribution in [0.2, 0.25) is 0 Å². The maximum absolute atomic E-state index is 8.64. The van der Waals surface area contributed by atoms with Crippen molar-refractivity contribution in [3.8, 4) is 0 Å². The van der Waals surface area contributed by atoms with Gasteiger partial charge in [0.25, 0.3) is 0 Å². The van der Waals surface area contributed by atoms with Crippen molar-refractivity contribution in [1.29, 1.82) is 0 Å². The Morgan fingerprint density at radius 1 is 1.13 bits per heavy atom. The molecule has 0 radical (unpaired) electrons. The minimum absolute atomic E-state index is 0.892. The van der Waals surface area contributed by atoms with Crippen LogP contribution in [0.5, 0.6) is 0 Å². The number of benzene rings is 1. The van der Waals surface area contributed by atoms with E-state index in [1.54, 1.807) is 0 Å². The summed E-state index contributed by atoms with van der Waals surface area (Å²) in [6, 6.07) is 10.5. The molecule has 0 saturated carbocycles. The van der Waals surface area contributed by atoms with Crippen LogP contribution in [0.25, 0.3) is 0 Å². The zero-order chi connectivity index (χ0) is 10.5. The fraction of sp³-hybridized carbons (Fsp3) is 0.417. The van der Waals surface area contributed by atoms with Crippen molar-refractivity contribution in [1.82, 2.24) is 4.90 Å². The van der Waals surface area contributed by atoms with Crippen molar-refractivity contribution in [2.75, 3.05) is 13.1 Å². The zero-order valence-electron chi connectivity index (χ0n) is 8.76. The van der Waals surface area contributed by atoms with Gasteiger partial charge >= 0.3 is 0 Å². The summed E-state index contributed by atoms with van der Waals surface area (Å²) in [4.78, 5) is 2.39.